The van der Waals surface area contributed by atoms with Crippen LogP contribution >= 0.6 is 23.1 Å². The fourth-order valence-electron chi connectivity index (χ4n) is 1.08. The van der Waals surface area contributed by atoms with Crippen LogP contribution in [0.25, 0.3) is 0 Å². The van der Waals surface area contributed by atoms with Crippen LogP contribution in [-0.4, -0.2) is 35.7 Å². The third kappa shape index (κ3) is 1.68. The lowest BCUT2D eigenvalue weighted by Gasteiger charge is -2.25. The molecule has 0 atom stereocenters. The lowest BCUT2D eigenvalue weighted by molar-refractivity contribution is 0.122. The number of hydrogen-bond donors (Lipinski definition) is 0. The van der Waals surface area contributed by atoms with Crippen LogP contribution in [0.5, 0.6) is 0 Å². The van der Waals surface area contributed by atoms with Gasteiger partial charge in [0.25, 0.3) is 0 Å². The van der Waals surface area contributed by atoms with Crippen LogP contribution in [0.1, 0.15) is 0 Å². The number of morpholine rings is 1. The Kier molecular flexibility index (Phi) is 2.43. The summed E-state index contributed by atoms with van der Waals surface area (Å²) in [5, 5.41) is 1.23. The smallest absolute Gasteiger partial charge is 0.236 e. The molecule has 12 heavy (non-hydrogen) atoms. The maximum absolute atomic E-state index is 5.61. The second-order valence-corrected chi connectivity index (χ2v) is 3.51. The first-order chi connectivity index (χ1) is 5.86. The van der Waals surface area contributed by atoms with E-state index in [1.165, 1.54) is 11.5 Å². The molecule has 66 valence electrons. The molecule has 0 amide bonds. The Morgan fingerprint density at radius 1 is 1.42 bits per heavy atom. The van der Waals surface area contributed by atoms with Crippen molar-refractivity contribution in [2.24, 2.45) is 0 Å². The van der Waals surface area contributed by atoms with Crippen molar-refractivity contribution >= 4 is 28.3 Å². The quantitative estimate of drug-likeness (QED) is 0.687. The summed E-state index contributed by atoms with van der Waals surface area (Å²) in [4.78, 5) is 6.21. The van der Waals surface area contributed by atoms with E-state index in [-0.39, 0.29) is 0 Å². The number of aromatic nitrogens is 2. The van der Waals surface area contributed by atoms with Gasteiger partial charge >= 0.3 is 0 Å². The lowest BCUT2D eigenvalue weighted by Crippen LogP contribution is -2.36. The fraction of sp³-hybridized carbons (Fsp3) is 0.667. The zero-order valence-electron chi connectivity index (χ0n) is 6.36. The van der Waals surface area contributed by atoms with Gasteiger partial charge in [-0.15, -0.1) is 0 Å². The van der Waals surface area contributed by atoms with E-state index in [2.05, 4.69) is 14.3 Å². The highest BCUT2D eigenvalue weighted by atomic mass is 35.5. The first-order valence-corrected chi connectivity index (χ1v) is 4.83. The van der Waals surface area contributed by atoms with E-state index >= 15 is 0 Å². The largest absolute Gasteiger partial charge is 0.378 e. The molecule has 1 aromatic rings. The highest BCUT2D eigenvalue weighted by Crippen LogP contribution is 2.20. The summed E-state index contributed by atoms with van der Waals surface area (Å²) in [6.45, 7) is 3.28. The Bertz CT molecular complexity index is 261. The molecule has 1 aromatic heterocycles. The molecular weight excluding hydrogens is 198 g/mol. The van der Waals surface area contributed by atoms with Gasteiger partial charge in [-0.25, -0.2) is 0 Å². The van der Waals surface area contributed by atoms with Gasteiger partial charge in [0.15, 0.2) is 0 Å². The van der Waals surface area contributed by atoms with Gasteiger partial charge in [-0.3, -0.25) is 0 Å². The van der Waals surface area contributed by atoms with Crippen molar-refractivity contribution in [1.29, 1.82) is 0 Å². The zero-order chi connectivity index (χ0) is 8.39. The Morgan fingerprint density at radius 3 is 2.75 bits per heavy atom. The maximum atomic E-state index is 5.61. The van der Waals surface area contributed by atoms with Gasteiger partial charge in [0.05, 0.1) is 13.2 Å². The van der Waals surface area contributed by atoms with E-state index in [0.717, 1.165) is 31.4 Å². The number of ether oxygens (including phenoxy) is 1. The Labute approximate surface area is 79.3 Å². The van der Waals surface area contributed by atoms with Crippen molar-refractivity contribution in [2.45, 2.75) is 0 Å². The number of halogens is 1. The minimum Gasteiger partial charge on any atom is -0.378 e. The maximum Gasteiger partial charge on any atom is 0.236 e. The van der Waals surface area contributed by atoms with Crippen LogP contribution in [0.4, 0.5) is 5.13 Å². The number of rotatable bonds is 1. The summed E-state index contributed by atoms with van der Waals surface area (Å²) in [6, 6.07) is 0. The molecule has 0 unspecified atom stereocenters. The predicted molar refractivity (Wildman–Crippen MR) is 48.0 cm³/mol. The molecule has 2 heterocycles. The lowest BCUT2D eigenvalue weighted by atomic mass is 10.5. The molecule has 2 rings (SSSR count). The highest BCUT2D eigenvalue weighted by molar-refractivity contribution is 7.10. The minimum atomic E-state index is 0.335. The second-order valence-electron chi connectivity index (χ2n) is 2.45. The van der Waals surface area contributed by atoms with Gasteiger partial charge in [0.1, 0.15) is 0 Å². The standard InChI is InChI=1S/C6H8ClN3OS/c7-5-8-6(12-9-5)10-1-3-11-4-2-10/h1-4H2. The predicted octanol–water partition coefficient (Wildman–Crippen LogP) is 1.03. The molecule has 1 saturated heterocycles. The van der Waals surface area contributed by atoms with E-state index in [1.807, 2.05) is 0 Å². The molecule has 0 aromatic carbocycles. The third-order valence-electron chi connectivity index (χ3n) is 1.67. The third-order valence-corrected chi connectivity index (χ3v) is 2.72. The Hall–Kier alpha value is -0.390. The van der Waals surface area contributed by atoms with Gasteiger partial charge in [-0.2, -0.15) is 9.36 Å². The molecule has 1 fully saturated rings. The van der Waals surface area contributed by atoms with Crippen LogP contribution in [-0.2, 0) is 4.74 Å². The molecule has 0 N–H and O–H groups in total. The van der Waals surface area contributed by atoms with Gasteiger partial charge in [-0.05, 0) is 11.6 Å². The SMILES string of the molecule is Clc1nsc(N2CCOCC2)n1. The van der Waals surface area contributed by atoms with Gasteiger partial charge in [0, 0.05) is 24.6 Å². The number of hydrogen-bond acceptors (Lipinski definition) is 5. The highest BCUT2D eigenvalue weighted by Gasteiger charge is 2.14. The van der Waals surface area contributed by atoms with Crippen molar-refractivity contribution < 1.29 is 4.74 Å². The fourth-order valence-corrected chi connectivity index (χ4v) is 1.94. The molecule has 1 aliphatic rings. The van der Waals surface area contributed by atoms with E-state index in [0.29, 0.717) is 5.28 Å². The zero-order valence-corrected chi connectivity index (χ0v) is 7.94. The molecule has 0 bridgehead atoms. The van der Waals surface area contributed by atoms with E-state index in [9.17, 15) is 0 Å². The summed E-state index contributed by atoms with van der Waals surface area (Å²) in [6.07, 6.45) is 0. The van der Waals surface area contributed by atoms with Crippen LogP contribution < -0.4 is 4.90 Å². The van der Waals surface area contributed by atoms with Gasteiger partial charge in [0.2, 0.25) is 10.4 Å². The van der Waals surface area contributed by atoms with Crippen LogP contribution in [0.3, 0.4) is 0 Å². The molecule has 0 saturated carbocycles. The summed E-state index contributed by atoms with van der Waals surface area (Å²) in [7, 11) is 0. The summed E-state index contributed by atoms with van der Waals surface area (Å²) >= 11 is 6.94. The Morgan fingerprint density at radius 2 is 2.17 bits per heavy atom. The van der Waals surface area contributed by atoms with Crippen molar-refractivity contribution in [2.75, 3.05) is 31.2 Å². The van der Waals surface area contributed by atoms with E-state index < -0.39 is 0 Å². The monoisotopic (exact) mass is 205 g/mol. The molecule has 4 nitrogen and oxygen atoms in total. The molecule has 0 aliphatic carbocycles. The van der Waals surface area contributed by atoms with Gasteiger partial charge in [-0.1, -0.05) is 0 Å². The first kappa shape index (κ1) is 8.22. The molecule has 1 aliphatic heterocycles. The molecule has 0 radical (unpaired) electrons. The molecule has 0 spiro atoms. The summed E-state index contributed by atoms with van der Waals surface area (Å²) in [5.41, 5.74) is 0. The normalized spacial score (nSPS) is 18.2. The van der Waals surface area contributed by atoms with Crippen LogP contribution in [0.15, 0.2) is 0 Å². The van der Waals surface area contributed by atoms with Crippen LogP contribution in [0, 0.1) is 0 Å². The first-order valence-electron chi connectivity index (χ1n) is 3.68. The van der Waals surface area contributed by atoms with E-state index in [4.69, 9.17) is 16.3 Å². The number of nitrogens with zero attached hydrogens (tertiary/aromatic N) is 3. The van der Waals surface area contributed by atoms with Crippen molar-refractivity contribution in [3.8, 4) is 0 Å². The minimum absolute atomic E-state index is 0.335. The van der Waals surface area contributed by atoms with E-state index in [1.54, 1.807) is 0 Å². The van der Waals surface area contributed by atoms with Crippen molar-refractivity contribution in [3.63, 3.8) is 0 Å². The number of anilines is 1. The van der Waals surface area contributed by atoms with Crippen molar-refractivity contribution in [1.82, 2.24) is 9.36 Å². The molecule has 6 heteroatoms. The Balaban J connectivity index is 2.08. The van der Waals surface area contributed by atoms with Crippen LogP contribution in [0.2, 0.25) is 5.28 Å². The summed E-state index contributed by atoms with van der Waals surface area (Å²) < 4.78 is 9.12. The average molecular weight is 206 g/mol. The van der Waals surface area contributed by atoms with Gasteiger partial charge < -0.3 is 9.64 Å². The van der Waals surface area contributed by atoms with Crippen molar-refractivity contribution in [3.05, 3.63) is 5.28 Å². The summed E-state index contributed by atoms with van der Waals surface area (Å²) in [5.74, 6) is 0. The average Bonchev–Trinajstić information content (AvgIpc) is 2.54. The second kappa shape index (κ2) is 3.55. The topological polar surface area (TPSA) is 38.2 Å². The molecular formula is C6H8ClN3OS.